The average molecular weight is 470 g/mol. The minimum absolute atomic E-state index is 0.212. The minimum Gasteiger partial charge on any atom is -0.348 e. The summed E-state index contributed by atoms with van der Waals surface area (Å²) in [5.74, 6) is 0.340. The van der Waals surface area contributed by atoms with Gasteiger partial charge >= 0.3 is 5.69 Å². The van der Waals surface area contributed by atoms with E-state index < -0.39 is 5.69 Å². The van der Waals surface area contributed by atoms with Crippen LogP contribution < -0.4 is 21.5 Å². The molecular formula is C24H31N5O3S. The van der Waals surface area contributed by atoms with Crippen LogP contribution in [-0.4, -0.2) is 33.1 Å². The number of hydrogen-bond donors (Lipinski definition) is 1. The van der Waals surface area contributed by atoms with Crippen LogP contribution in [0.15, 0.2) is 27.8 Å². The summed E-state index contributed by atoms with van der Waals surface area (Å²) in [6.45, 7) is 11.2. The Hall–Kier alpha value is -2.94. The minimum atomic E-state index is -0.511. The summed E-state index contributed by atoms with van der Waals surface area (Å²) in [5, 5.41) is 3.67. The molecule has 8 nitrogen and oxygen atoms in total. The van der Waals surface area contributed by atoms with Crippen LogP contribution >= 0.6 is 11.3 Å². The summed E-state index contributed by atoms with van der Waals surface area (Å²) in [6, 6.07) is 5.46. The van der Waals surface area contributed by atoms with Gasteiger partial charge in [0.15, 0.2) is 10.8 Å². The zero-order valence-electron chi connectivity index (χ0n) is 19.8. The zero-order chi connectivity index (χ0) is 23.9. The highest BCUT2D eigenvalue weighted by Gasteiger charge is 2.24. The highest BCUT2D eigenvalue weighted by atomic mass is 32.1. The van der Waals surface area contributed by atoms with Gasteiger partial charge in [-0.3, -0.25) is 18.7 Å². The summed E-state index contributed by atoms with van der Waals surface area (Å²) in [6.07, 6.45) is 2.13. The normalized spacial score (nSPS) is 14.9. The molecule has 1 amide bonds. The van der Waals surface area contributed by atoms with E-state index in [0.717, 1.165) is 47.9 Å². The third-order valence-corrected chi connectivity index (χ3v) is 7.41. The number of carbonyl (C=O) groups excluding carboxylic acids is 1. The molecule has 0 bridgehead atoms. The number of nitrogens with zero attached hydrogens (tertiary/aromatic N) is 4. The van der Waals surface area contributed by atoms with Crippen LogP contribution in [0.4, 0.5) is 10.8 Å². The number of anilines is 2. The van der Waals surface area contributed by atoms with Crippen LogP contribution in [0.5, 0.6) is 0 Å². The number of rotatable bonds is 5. The fourth-order valence-corrected chi connectivity index (χ4v) is 5.37. The second-order valence-corrected chi connectivity index (χ2v) is 10.2. The smallest absolute Gasteiger partial charge is 0.333 e. The second kappa shape index (κ2) is 9.13. The molecule has 0 spiro atoms. The van der Waals surface area contributed by atoms with Crippen molar-refractivity contribution in [3.8, 4) is 0 Å². The third kappa shape index (κ3) is 4.46. The first-order valence-electron chi connectivity index (χ1n) is 11.4. The van der Waals surface area contributed by atoms with Gasteiger partial charge in [0.2, 0.25) is 5.91 Å². The zero-order valence-corrected chi connectivity index (χ0v) is 20.7. The molecule has 176 valence electrons. The number of fused-ring (bicyclic) bond motifs is 1. The van der Waals surface area contributed by atoms with Gasteiger partial charge in [-0.2, -0.15) is 0 Å². The lowest BCUT2D eigenvalue weighted by atomic mass is 10.00. The molecule has 1 fully saturated rings. The molecule has 0 aliphatic carbocycles. The van der Waals surface area contributed by atoms with Gasteiger partial charge in [0.25, 0.3) is 5.56 Å². The highest BCUT2D eigenvalue weighted by molar-refractivity contribution is 7.22. The van der Waals surface area contributed by atoms with Crippen LogP contribution in [0.2, 0.25) is 0 Å². The molecule has 0 unspecified atom stereocenters. The summed E-state index contributed by atoms with van der Waals surface area (Å²) in [5.41, 5.74) is 2.07. The molecule has 1 aliphatic heterocycles. The van der Waals surface area contributed by atoms with Crippen molar-refractivity contribution < 1.29 is 4.79 Å². The summed E-state index contributed by atoms with van der Waals surface area (Å²) in [7, 11) is 0. The first-order chi connectivity index (χ1) is 15.7. The Bertz CT molecular complexity index is 1290. The first kappa shape index (κ1) is 23.2. The predicted octanol–water partition coefficient (Wildman–Crippen LogP) is 3.69. The molecule has 4 rings (SSSR count). The Kier molecular flexibility index (Phi) is 6.43. The number of hydrogen-bond acceptors (Lipinski definition) is 6. The lowest BCUT2D eigenvalue weighted by molar-refractivity contribution is -0.116. The number of benzene rings is 1. The van der Waals surface area contributed by atoms with Crippen molar-refractivity contribution in [2.45, 2.75) is 60.0 Å². The Morgan fingerprint density at radius 1 is 1.18 bits per heavy atom. The van der Waals surface area contributed by atoms with Gasteiger partial charge in [-0.15, -0.1) is 0 Å². The summed E-state index contributed by atoms with van der Waals surface area (Å²) < 4.78 is 2.97. The Balaban J connectivity index is 1.76. The van der Waals surface area contributed by atoms with Crippen LogP contribution in [0.3, 0.4) is 0 Å². The predicted molar refractivity (Wildman–Crippen MR) is 134 cm³/mol. The number of amides is 1. The number of aromatic nitrogens is 3. The lowest BCUT2D eigenvalue weighted by Gasteiger charge is -2.29. The fraction of sp³-hybridized carbons (Fsp3) is 0.500. The first-order valence-corrected chi connectivity index (χ1v) is 12.3. The van der Waals surface area contributed by atoms with Gasteiger partial charge in [0.1, 0.15) is 11.2 Å². The molecule has 3 heterocycles. The maximum atomic E-state index is 13.3. The van der Waals surface area contributed by atoms with Gasteiger partial charge in [-0.25, -0.2) is 9.78 Å². The fourth-order valence-electron chi connectivity index (χ4n) is 4.31. The topological polar surface area (TPSA) is 89.2 Å². The molecule has 0 saturated carbocycles. The number of piperidine rings is 1. The number of aryl methyl sites for hydroxylation is 2. The average Bonchev–Trinajstić information content (AvgIpc) is 3.20. The lowest BCUT2D eigenvalue weighted by Crippen LogP contribution is -2.42. The van der Waals surface area contributed by atoms with E-state index in [1.807, 2.05) is 32.0 Å². The molecule has 0 radical (unpaired) electrons. The van der Waals surface area contributed by atoms with E-state index in [9.17, 15) is 14.4 Å². The van der Waals surface area contributed by atoms with Crippen LogP contribution in [0.1, 0.15) is 50.8 Å². The number of carbonyl (C=O) groups is 1. The number of para-hydroxylation sites is 1. The molecule has 1 saturated heterocycles. The molecule has 1 aliphatic rings. The van der Waals surface area contributed by atoms with Crippen molar-refractivity contribution in [3.63, 3.8) is 0 Å². The largest absolute Gasteiger partial charge is 0.348 e. The van der Waals surface area contributed by atoms with Gasteiger partial charge in [-0.1, -0.05) is 36.5 Å². The van der Waals surface area contributed by atoms with E-state index in [0.29, 0.717) is 10.6 Å². The van der Waals surface area contributed by atoms with Gasteiger partial charge in [0.05, 0.1) is 0 Å². The van der Waals surface area contributed by atoms with E-state index in [1.165, 1.54) is 20.5 Å². The summed E-state index contributed by atoms with van der Waals surface area (Å²) >= 11 is 1.31. The Morgan fingerprint density at radius 3 is 2.42 bits per heavy atom. The van der Waals surface area contributed by atoms with Crippen molar-refractivity contribution in [2.24, 2.45) is 5.92 Å². The Labute approximate surface area is 196 Å². The van der Waals surface area contributed by atoms with Gasteiger partial charge < -0.3 is 10.2 Å². The van der Waals surface area contributed by atoms with Crippen molar-refractivity contribution in [1.29, 1.82) is 0 Å². The molecule has 0 atom stereocenters. The van der Waals surface area contributed by atoms with Crippen LogP contribution in [0.25, 0.3) is 10.3 Å². The van der Waals surface area contributed by atoms with E-state index in [-0.39, 0.29) is 29.7 Å². The maximum Gasteiger partial charge on any atom is 0.333 e. The van der Waals surface area contributed by atoms with Crippen molar-refractivity contribution in [2.75, 3.05) is 23.3 Å². The van der Waals surface area contributed by atoms with Crippen LogP contribution in [0, 0.1) is 19.8 Å². The molecule has 9 heteroatoms. The maximum absolute atomic E-state index is 13.3. The van der Waals surface area contributed by atoms with Crippen molar-refractivity contribution >= 4 is 38.4 Å². The Morgan fingerprint density at radius 2 is 1.82 bits per heavy atom. The van der Waals surface area contributed by atoms with Crippen LogP contribution in [-0.2, 0) is 11.3 Å². The molecule has 3 aromatic rings. The monoisotopic (exact) mass is 469 g/mol. The van der Waals surface area contributed by atoms with E-state index in [2.05, 4.69) is 17.1 Å². The quantitative estimate of drug-likeness (QED) is 0.616. The highest BCUT2D eigenvalue weighted by Crippen LogP contribution is 2.29. The molecule has 1 N–H and O–H groups in total. The molecule has 1 aromatic carbocycles. The van der Waals surface area contributed by atoms with Crippen molar-refractivity contribution in [3.05, 3.63) is 50.2 Å². The van der Waals surface area contributed by atoms with E-state index in [1.54, 1.807) is 13.8 Å². The number of thiazole rings is 1. The van der Waals surface area contributed by atoms with Gasteiger partial charge in [-0.05, 0) is 57.6 Å². The molecular weight excluding hydrogens is 438 g/mol. The molecule has 33 heavy (non-hydrogen) atoms. The molecule has 2 aromatic heterocycles. The van der Waals surface area contributed by atoms with Crippen molar-refractivity contribution in [1.82, 2.24) is 14.1 Å². The third-order valence-electron chi connectivity index (χ3n) is 6.32. The number of nitrogens with one attached hydrogen (secondary N) is 1. The summed E-state index contributed by atoms with van der Waals surface area (Å²) in [4.78, 5) is 46.3. The van der Waals surface area contributed by atoms with Gasteiger partial charge in [0, 0.05) is 24.8 Å². The SMILES string of the molecule is Cc1cccc(C)c1NC(=O)Cn1c(=O)n(C(C)C)c(=O)c2sc(N3CCC(C)CC3)nc21. The standard InChI is InChI=1S/C24H31N5O3S/c1-14(2)29-22(31)20-21(26-23(33-20)27-11-9-15(3)10-12-27)28(24(29)32)13-18(30)25-19-16(4)7-6-8-17(19)5/h6-8,14-15H,9-13H2,1-5H3,(H,25,30). The van der Waals surface area contributed by atoms with E-state index in [4.69, 9.17) is 4.98 Å². The second-order valence-electron chi connectivity index (χ2n) is 9.27. The van der Waals surface area contributed by atoms with E-state index >= 15 is 0 Å².